The van der Waals surface area contributed by atoms with E-state index in [-0.39, 0.29) is 29.5 Å². The van der Waals surface area contributed by atoms with Crippen LogP contribution >= 0.6 is 15.9 Å². The van der Waals surface area contributed by atoms with Crippen LogP contribution in [0.25, 0.3) is 16.8 Å². The Kier molecular flexibility index (Phi) is 7.27. The van der Waals surface area contributed by atoms with Crippen LogP contribution < -0.4 is 14.2 Å². The first kappa shape index (κ1) is 23.5. The van der Waals surface area contributed by atoms with Gasteiger partial charge >= 0.3 is 6.61 Å². The average Bonchev–Trinajstić information content (AvgIpc) is 3.29. The molecule has 34 heavy (non-hydrogen) atoms. The zero-order chi connectivity index (χ0) is 24.1. The molecule has 0 unspecified atom stereocenters. The molecule has 8 heteroatoms. The van der Waals surface area contributed by atoms with Crippen LogP contribution in [-0.2, 0) is 6.61 Å². The molecule has 0 N–H and O–H groups in total. The third-order valence-corrected chi connectivity index (χ3v) is 5.39. The van der Waals surface area contributed by atoms with Gasteiger partial charge in [-0.2, -0.15) is 8.78 Å². The lowest BCUT2D eigenvalue weighted by molar-refractivity contribution is -0.0512. The smallest absolute Gasteiger partial charge is 0.387 e. The first-order chi connectivity index (χ1) is 16.4. The molecule has 0 aliphatic heterocycles. The van der Waals surface area contributed by atoms with Crippen LogP contribution in [-0.4, -0.2) is 19.5 Å². The van der Waals surface area contributed by atoms with E-state index in [0.29, 0.717) is 17.3 Å². The maximum Gasteiger partial charge on any atom is 0.387 e. The number of rotatable bonds is 9. The fourth-order valence-corrected chi connectivity index (χ4v) is 3.65. The maximum absolute atomic E-state index is 12.5. The summed E-state index contributed by atoms with van der Waals surface area (Å²) in [7, 11) is 1.31. The summed E-state index contributed by atoms with van der Waals surface area (Å²) in [6.45, 7) is -2.76. The largest absolute Gasteiger partial charge is 0.493 e. The van der Waals surface area contributed by atoms with Crippen LogP contribution in [0.5, 0.6) is 17.2 Å². The highest BCUT2D eigenvalue weighted by Crippen LogP contribution is 2.30. The molecule has 174 valence electrons. The van der Waals surface area contributed by atoms with Gasteiger partial charge in [-0.15, -0.1) is 0 Å². The number of fused-ring (bicyclic) bond motifs is 1. The van der Waals surface area contributed by atoms with E-state index in [1.165, 1.54) is 37.5 Å². The number of hydrogen-bond donors (Lipinski definition) is 0. The van der Waals surface area contributed by atoms with Crippen molar-refractivity contribution in [1.29, 1.82) is 0 Å². The van der Waals surface area contributed by atoms with E-state index >= 15 is 0 Å². The molecule has 5 nitrogen and oxygen atoms in total. The number of methoxy groups -OCH3 is 1. The fraction of sp³-hybridized carbons (Fsp3) is 0.115. The van der Waals surface area contributed by atoms with Gasteiger partial charge < -0.3 is 18.6 Å². The Balaban J connectivity index is 1.38. The predicted molar refractivity (Wildman–Crippen MR) is 128 cm³/mol. The van der Waals surface area contributed by atoms with Crippen LogP contribution in [0.1, 0.15) is 21.9 Å². The van der Waals surface area contributed by atoms with Crippen LogP contribution in [0, 0.1) is 0 Å². The Morgan fingerprint density at radius 1 is 1.00 bits per heavy atom. The predicted octanol–water partition coefficient (Wildman–Crippen LogP) is 7.28. The van der Waals surface area contributed by atoms with E-state index in [4.69, 9.17) is 13.9 Å². The summed E-state index contributed by atoms with van der Waals surface area (Å²) in [6, 6.07) is 19.3. The van der Waals surface area contributed by atoms with E-state index < -0.39 is 6.61 Å². The summed E-state index contributed by atoms with van der Waals surface area (Å²) in [5.74, 6) is 1.33. The van der Waals surface area contributed by atoms with E-state index in [1.807, 2.05) is 36.4 Å². The first-order valence-corrected chi connectivity index (χ1v) is 11.0. The van der Waals surface area contributed by atoms with Crippen molar-refractivity contribution in [1.82, 2.24) is 0 Å². The van der Waals surface area contributed by atoms with Gasteiger partial charge in [0, 0.05) is 10.0 Å². The van der Waals surface area contributed by atoms with Crippen molar-refractivity contribution in [3.05, 3.63) is 94.4 Å². The molecule has 0 fully saturated rings. The van der Waals surface area contributed by atoms with Gasteiger partial charge in [0.05, 0.1) is 7.11 Å². The summed E-state index contributed by atoms with van der Waals surface area (Å²) >= 11 is 3.46. The monoisotopic (exact) mass is 528 g/mol. The van der Waals surface area contributed by atoms with Gasteiger partial charge in [0.25, 0.3) is 0 Å². The SMILES string of the molecule is COc1cc(C(=O)/C=C/c2ccc(COc3ccc4cc(Br)ccc4c3)o2)ccc1OC(F)F. The molecule has 4 aromatic rings. The number of furan rings is 1. The van der Waals surface area contributed by atoms with Gasteiger partial charge in [-0.25, -0.2) is 0 Å². The number of allylic oxidation sites excluding steroid dienone is 1. The molecule has 0 amide bonds. The highest BCUT2D eigenvalue weighted by Gasteiger charge is 2.13. The first-order valence-electron chi connectivity index (χ1n) is 10.2. The molecule has 4 rings (SSSR count). The molecular weight excluding hydrogens is 510 g/mol. The maximum atomic E-state index is 12.5. The number of carbonyl (C=O) groups excluding carboxylic acids is 1. The highest BCUT2D eigenvalue weighted by atomic mass is 79.9. The number of benzene rings is 3. The van der Waals surface area contributed by atoms with Crippen LogP contribution in [0.4, 0.5) is 8.78 Å². The molecule has 0 spiro atoms. The second-order valence-corrected chi connectivity index (χ2v) is 8.10. The van der Waals surface area contributed by atoms with Crippen molar-refractivity contribution < 1.29 is 32.2 Å². The molecule has 0 saturated heterocycles. The van der Waals surface area contributed by atoms with E-state index in [2.05, 4.69) is 20.7 Å². The van der Waals surface area contributed by atoms with Crippen molar-refractivity contribution in [2.75, 3.05) is 7.11 Å². The number of ketones is 1. The summed E-state index contributed by atoms with van der Waals surface area (Å²) in [5, 5.41) is 2.17. The summed E-state index contributed by atoms with van der Waals surface area (Å²) in [4.78, 5) is 12.5. The molecule has 0 aliphatic carbocycles. The lowest BCUT2D eigenvalue weighted by Crippen LogP contribution is -2.04. The zero-order valence-corrected chi connectivity index (χ0v) is 19.6. The molecule has 0 bridgehead atoms. The summed E-state index contributed by atoms with van der Waals surface area (Å²) < 4.78 is 46.9. The molecule has 3 aromatic carbocycles. The van der Waals surface area contributed by atoms with Gasteiger partial charge in [-0.3, -0.25) is 4.79 Å². The van der Waals surface area contributed by atoms with Gasteiger partial charge in [0.2, 0.25) is 0 Å². The van der Waals surface area contributed by atoms with Crippen LogP contribution in [0.3, 0.4) is 0 Å². The number of ether oxygens (including phenoxy) is 3. The van der Waals surface area contributed by atoms with Crippen LogP contribution in [0.15, 0.2) is 81.7 Å². The summed E-state index contributed by atoms with van der Waals surface area (Å²) in [6.07, 6.45) is 2.85. The van der Waals surface area contributed by atoms with Crippen molar-refractivity contribution in [2.24, 2.45) is 0 Å². The Morgan fingerprint density at radius 2 is 1.79 bits per heavy atom. The second-order valence-electron chi connectivity index (χ2n) is 7.19. The van der Waals surface area contributed by atoms with Gasteiger partial charge in [0.15, 0.2) is 17.3 Å². The lowest BCUT2D eigenvalue weighted by atomic mass is 10.1. The number of alkyl halides is 2. The third-order valence-electron chi connectivity index (χ3n) is 4.90. The molecule has 1 aromatic heterocycles. The molecule has 0 radical (unpaired) electrons. The van der Waals surface area contributed by atoms with Crippen LogP contribution in [0.2, 0.25) is 0 Å². The topological polar surface area (TPSA) is 57.9 Å². The second kappa shape index (κ2) is 10.5. The molecule has 0 atom stereocenters. The molecule has 0 aliphatic rings. The highest BCUT2D eigenvalue weighted by molar-refractivity contribution is 9.10. The van der Waals surface area contributed by atoms with Gasteiger partial charge in [-0.1, -0.05) is 28.1 Å². The number of carbonyl (C=O) groups is 1. The van der Waals surface area contributed by atoms with E-state index in [1.54, 1.807) is 12.1 Å². The Morgan fingerprint density at radius 3 is 2.59 bits per heavy atom. The van der Waals surface area contributed by atoms with Crippen molar-refractivity contribution in [3.8, 4) is 17.2 Å². The Labute approximate surface area is 202 Å². The minimum Gasteiger partial charge on any atom is -0.493 e. The van der Waals surface area contributed by atoms with Crippen molar-refractivity contribution >= 4 is 38.6 Å². The minimum atomic E-state index is -2.99. The Hall–Kier alpha value is -3.65. The van der Waals surface area contributed by atoms with Crippen molar-refractivity contribution in [3.63, 3.8) is 0 Å². The average molecular weight is 529 g/mol. The molecule has 1 heterocycles. The van der Waals surface area contributed by atoms with Crippen molar-refractivity contribution in [2.45, 2.75) is 13.2 Å². The lowest BCUT2D eigenvalue weighted by Gasteiger charge is -2.10. The summed E-state index contributed by atoms with van der Waals surface area (Å²) in [5.41, 5.74) is 0.258. The quantitative estimate of drug-likeness (QED) is 0.169. The number of hydrogen-bond acceptors (Lipinski definition) is 5. The third kappa shape index (κ3) is 5.82. The fourth-order valence-electron chi connectivity index (χ4n) is 3.27. The number of halogens is 3. The van der Waals surface area contributed by atoms with Gasteiger partial charge in [0.1, 0.15) is 23.9 Å². The minimum absolute atomic E-state index is 0.0401. The zero-order valence-electron chi connectivity index (χ0n) is 18.0. The van der Waals surface area contributed by atoms with Gasteiger partial charge in [-0.05, 0) is 77.5 Å². The van der Waals surface area contributed by atoms with E-state index in [0.717, 1.165) is 15.2 Å². The Bertz CT molecular complexity index is 1350. The van der Waals surface area contributed by atoms with E-state index in [9.17, 15) is 13.6 Å². The normalized spacial score (nSPS) is 11.3. The standard InChI is InChI=1S/C26H19BrF2O5/c1-31-25-14-18(4-11-24(25)34-26(28)29)23(30)10-9-20-7-8-22(33-20)15-32-21-6-3-16-12-19(27)5-2-17(16)13-21/h2-14,26H,15H2,1H3/b10-9+. The molecular formula is C26H19BrF2O5. The molecule has 0 saturated carbocycles.